The van der Waals surface area contributed by atoms with Crippen molar-refractivity contribution in [3.8, 4) is 0 Å². The maximum Gasteiger partial charge on any atom is 0.233 e. The lowest BCUT2D eigenvalue weighted by molar-refractivity contribution is -0.120. The van der Waals surface area contributed by atoms with Gasteiger partial charge in [0, 0.05) is 10.0 Å². The van der Waals surface area contributed by atoms with Crippen LogP contribution in [0.5, 0.6) is 0 Å². The molecular formula is C13H15Cl2N5OS. The van der Waals surface area contributed by atoms with Crippen LogP contribution >= 0.6 is 35.0 Å². The number of rotatable bonds is 5. The molecule has 0 saturated carbocycles. The highest BCUT2D eigenvalue weighted by atomic mass is 35.5. The molecular weight excluding hydrogens is 345 g/mol. The largest absolute Gasteiger partial charge is 0.349 e. The number of nitrogen functional groups attached to an aromatic ring is 1. The number of nitrogens with zero attached hydrogens (tertiary/aromatic N) is 3. The van der Waals surface area contributed by atoms with Gasteiger partial charge in [0.1, 0.15) is 6.33 Å². The van der Waals surface area contributed by atoms with Gasteiger partial charge >= 0.3 is 0 Å². The number of carbonyl (C=O) groups is 1. The quantitative estimate of drug-likeness (QED) is 0.632. The van der Waals surface area contributed by atoms with Crippen molar-refractivity contribution in [1.82, 2.24) is 20.2 Å². The first kappa shape index (κ1) is 16.9. The van der Waals surface area contributed by atoms with Crippen molar-refractivity contribution in [1.29, 1.82) is 0 Å². The molecule has 1 heterocycles. The van der Waals surface area contributed by atoms with Gasteiger partial charge in [-0.1, -0.05) is 41.0 Å². The van der Waals surface area contributed by atoms with Gasteiger partial charge in [0.05, 0.1) is 11.3 Å². The van der Waals surface area contributed by atoms with Crippen LogP contribution in [0.4, 0.5) is 0 Å². The van der Waals surface area contributed by atoms with Crippen molar-refractivity contribution < 1.29 is 4.79 Å². The number of benzene rings is 1. The fraction of sp³-hybridized carbons (Fsp3) is 0.308. The summed E-state index contributed by atoms with van der Waals surface area (Å²) in [6.07, 6.45) is 1.38. The van der Waals surface area contributed by atoms with Gasteiger partial charge in [-0.25, -0.2) is 4.68 Å². The molecule has 22 heavy (non-hydrogen) atoms. The Morgan fingerprint density at radius 3 is 2.73 bits per heavy atom. The molecule has 0 aliphatic rings. The number of hydrogen-bond acceptors (Lipinski definition) is 5. The molecule has 0 aliphatic carbocycles. The molecule has 2 atom stereocenters. The van der Waals surface area contributed by atoms with Crippen LogP contribution in [0.25, 0.3) is 0 Å². The Morgan fingerprint density at radius 2 is 2.14 bits per heavy atom. The molecule has 0 saturated heterocycles. The van der Waals surface area contributed by atoms with Crippen LogP contribution in [0, 0.1) is 0 Å². The second-order valence-electron chi connectivity index (χ2n) is 4.68. The fourth-order valence-electron chi connectivity index (χ4n) is 1.79. The Labute approximate surface area is 142 Å². The third-order valence-electron chi connectivity index (χ3n) is 2.98. The van der Waals surface area contributed by atoms with Gasteiger partial charge < -0.3 is 11.2 Å². The number of thioether (sulfide) groups is 1. The van der Waals surface area contributed by atoms with Crippen molar-refractivity contribution in [3.63, 3.8) is 0 Å². The molecule has 9 heteroatoms. The third-order valence-corrected chi connectivity index (χ3v) is 4.61. The Balaban J connectivity index is 2.00. The first-order valence-electron chi connectivity index (χ1n) is 6.45. The van der Waals surface area contributed by atoms with E-state index < -0.39 is 0 Å². The lowest BCUT2D eigenvalue weighted by Crippen LogP contribution is -2.33. The number of amides is 1. The van der Waals surface area contributed by atoms with Crippen LogP contribution in [-0.2, 0) is 4.79 Å². The van der Waals surface area contributed by atoms with Crippen molar-refractivity contribution in [2.75, 3.05) is 5.84 Å². The topological polar surface area (TPSA) is 85.8 Å². The van der Waals surface area contributed by atoms with E-state index in [9.17, 15) is 4.79 Å². The maximum absolute atomic E-state index is 12.2. The zero-order valence-corrected chi connectivity index (χ0v) is 14.3. The summed E-state index contributed by atoms with van der Waals surface area (Å²) < 4.78 is 1.27. The molecule has 2 rings (SSSR count). The summed E-state index contributed by atoms with van der Waals surface area (Å²) in [6.45, 7) is 3.63. The molecule has 0 aliphatic heterocycles. The number of aromatic nitrogens is 3. The smallest absolute Gasteiger partial charge is 0.233 e. The monoisotopic (exact) mass is 359 g/mol. The van der Waals surface area contributed by atoms with Crippen LogP contribution in [0.15, 0.2) is 29.7 Å². The highest BCUT2D eigenvalue weighted by Crippen LogP contribution is 2.27. The summed E-state index contributed by atoms with van der Waals surface area (Å²) in [5.41, 5.74) is 0.804. The molecule has 1 aromatic carbocycles. The van der Waals surface area contributed by atoms with Crippen LogP contribution in [-0.4, -0.2) is 26.0 Å². The molecule has 118 valence electrons. The van der Waals surface area contributed by atoms with Gasteiger partial charge in [-0.2, -0.15) is 0 Å². The first-order valence-corrected chi connectivity index (χ1v) is 8.09. The summed E-state index contributed by atoms with van der Waals surface area (Å²) in [4.78, 5) is 12.2. The van der Waals surface area contributed by atoms with E-state index in [1.165, 1.54) is 22.8 Å². The highest BCUT2D eigenvalue weighted by molar-refractivity contribution is 8.00. The van der Waals surface area contributed by atoms with Crippen molar-refractivity contribution in [3.05, 3.63) is 40.1 Å². The average Bonchev–Trinajstić information content (AvgIpc) is 2.83. The molecule has 0 bridgehead atoms. The Bertz CT molecular complexity index is 678. The molecule has 1 amide bonds. The predicted molar refractivity (Wildman–Crippen MR) is 88.5 cm³/mol. The Hall–Kier alpha value is -1.44. The molecule has 0 radical (unpaired) electrons. The summed E-state index contributed by atoms with van der Waals surface area (Å²) in [6, 6.07) is 4.94. The first-order chi connectivity index (χ1) is 10.4. The average molecular weight is 360 g/mol. The predicted octanol–water partition coefficient (Wildman–Crippen LogP) is 2.66. The van der Waals surface area contributed by atoms with E-state index in [0.717, 1.165) is 5.56 Å². The Kier molecular flexibility index (Phi) is 5.55. The fourth-order valence-corrected chi connectivity index (χ4v) is 3.12. The van der Waals surface area contributed by atoms with Crippen LogP contribution < -0.4 is 11.2 Å². The van der Waals surface area contributed by atoms with E-state index in [1.807, 2.05) is 6.92 Å². The van der Waals surface area contributed by atoms with Gasteiger partial charge in [-0.05, 0) is 31.5 Å². The molecule has 2 aromatic rings. The number of nitrogens with two attached hydrogens (primary N) is 1. The minimum absolute atomic E-state index is 0.147. The summed E-state index contributed by atoms with van der Waals surface area (Å²) in [5, 5.41) is 11.6. The molecule has 6 nitrogen and oxygen atoms in total. The maximum atomic E-state index is 12.2. The van der Waals surface area contributed by atoms with E-state index in [4.69, 9.17) is 29.0 Å². The minimum atomic E-state index is -0.375. The van der Waals surface area contributed by atoms with Crippen molar-refractivity contribution in [2.24, 2.45) is 0 Å². The van der Waals surface area contributed by atoms with E-state index >= 15 is 0 Å². The Morgan fingerprint density at radius 1 is 1.41 bits per heavy atom. The zero-order valence-electron chi connectivity index (χ0n) is 12.0. The van der Waals surface area contributed by atoms with Gasteiger partial charge in [-0.3, -0.25) is 4.79 Å². The second-order valence-corrected chi connectivity index (χ2v) is 6.83. The van der Waals surface area contributed by atoms with Crippen molar-refractivity contribution >= 4 is 40.9 Å². The highest BCUT2D eigenvalue weighted by Gasteiger charge is 2.20. The normalized spacial score (nSPS) is 13.6. The van der Waals surface area contributed by atoms with Crippen LogP contribution in [0.1, 0.15) is 25.5 Å². The van der Waals surface area contributed by atoms with Crippen LogP contribution in [0.3, 0.4) is 0 Å². The van der Waals surface area contributed by atoms with Crippen molar-refractivity contribution in [2.45, 2.75) is 30.3 Å². The minimum Gasteiger partial charge on any atom is -0.349 e. The standard InChI is InChI=1S/C13H15Cl2N5OS/c1-7(10-4-3-9(14)5-11(10)15)18-12(21)8(2)22-13-19-17-6-20(13)16/h3-8H,16H2,1-2H3,(H,18,21)/t7-,8+/m1/s1. The van der Waals surface area contributed by atoms with E-state index in [0.29, 0.717) is 15.2 Å². The lowest BCUT2D eigenvalue weighted by atomic mass is 10.1. The number of carbonyl (C=O) groups excluding carboxylic acids is 1. The number of halogens is 2. The van der Waals surface area contributed by atoms with Crippen LogP contribution in [0.2, 0.25) is 10.0 Å². The molecule has 0 unspecified atom stereocenters. The number of hydrogen-bond donors (Lipinski definition) is 2. The molecule has 3 N–H and O–H groups in total. The summed E-state index contributed by atoms with van der Waals surface area (Å²) in [7, 11) is 0. The number of nitrogens with one attached hydrogen (secondary N) is 1. The molecule has 0 spiro atoms. The third kappa shape index (κ3) is 4.06. The van der Waals surface area contributed by atoms with E-state index in [2.05, 4.69) is 15.5 Å². The van der Waals surface area contributed by atoms with E-state index in [1.54, 1.807) is 25.1 Å². The molecule has 0 fully saturated rings. The zero-order chi connectivity index (χ0) is 16.3. The SMILES string of the molecule is C[C@H](Sc1nncn1N)C(=O)N[C@H](C)c1ccc(Cl)cc1Cl. The van der Waals surface area contributed by atoms with Gasteiger partial charge in [0.25, 0.3) is 0 Å². The van der Waals surface area contributed by atoms with E-state index in [-0.39, 0.29) is 17.2 Å². The summed E-state index contributed by atoms with van der Waals surface area (Å²) >= 11 is 13.2. The van der Waals surface area contributed by atoms with Gasteiger partial charge in [0.2, 0.25) is 11.1 Å². The summed E-state index contributed by atoms with van der Waals surface area (Å²) in [5.74, 6) is 5.48. The van der Waals surface area contributed by atoms with Gasteiger partial charge in [-0.15, -0.1) is 10.2 Å². The van der Waals surface area contributed by atoms with Gasteiger partial charge in [0.15, 0.2) is 0 Å². The second kappa shape index (κ2) is 7.21. The lowest BCUT2D eigenvalue weighted by Gasteiger charge is -2.18. The molecule has 1 aromatic heterocycles.